The predicted molar refractivity (Wildman–Crippen MR) is 107 cm³/mol. The topological polar surface area (TPSA) is 113 Å². The van der Waals surface area contributed by atoms with E-state index in [4.69, 9.17) is 4.52 Å². The smallest absolute Gasteiger partial charge is 0.233 e. The minimum atomic E-state index is -0.147. The maximum Gasteiger partial charge on any atom is 0.233 e. The van der Waals surface area contributed by atoms with Crippen LogP contribution in [0.3, 0.4) is 0 Å². The van der Waals surface area contributed by atoms with Crippen LogP contribution in [0.1, 0.15) is 69.5 Å². The summed E-state index contributed by atoms with van der Waals surface area (Å²) in [6.07, 6.45) is 5.77. The van der Waals surface area contributed by atoms with Crippen molar-refractivity contribution in [2.45, 2.75) is 71.8 Å². The molecule has 1 aliphatic rings. The van der Waals surface area contributed by atoms with E-state index in [9.17, 15) is 9.59 Å². The first kappa shape index (κ1) is 21.7. The van der Waals surface area contributed by atoms with Gasteiger partial charge in [-0.05, 0) is 39.5 Å². The molecular formula is C20H31N5O3. The van der Waals surface area contributed by atoms with E-state index in [2.05, 4.69) is 32.9 Å². The maximum atomic E-state index is 12.0. The number of carbonyl (C=O) groups excluding carboxylic acids is 2. The van der Waals surface area contributed by atoms with Crippen molar-refractivity contribution >= 4 is 18.1 Å². The number of nitrogens with zero attached hydrogens (tertiary/aromatic N) is 2. The summed E-state index contributed by atoms with van der Waals surface area (Å²) in [4.78, 5) is 21.5. The molecule has 154 valence electrons. The fraction of sp³-hybridized carbons (Fsp3) is 0.600. The van der Waals surface area contributed by atoms with Crippen LogP contribution in [0.15, 0.2) is 16.7 Å². The second-order valence-electron chi connectivity index (χ2n) is 7.76. The van der Waals surface area contributed by atoms with E-state index in [0.717, 1.165) is 17.3 Å². The van der Waals surface area contributed by atoms with E-state index in [1.54, 1.807) is 6.07 Å². The molecule has 0 radical (unpaired) electrons. The van der Waals surface area contributed by atoms with E-state index in [-0.39, 0.29) is 18.4 Å². The Hall–Kier alpha value is -2.64. The minimum Gasteiger partial charge on any atom is -0.361 e. The minimum absolute atomic E-state index is 0.147. The summed E-state index contributed by atoms with van der Waals surface area (Å²) in [6.45, 7) is 7.96. The molecule has 0 atom stereocenters. The van der Waals surface area contributed by atoms with Gasteiger partial charge in [-0.2, -0.15) is 5.10 Å². The van der Waals surface area contributed by atoms with Crippen molar-refractivity contribution in [1.82, 2.24) is 20.7 Å². The molecule has 3 N–H and O–H groups in total. The van der Waals surface area contributed by atoms with Crippen LogP contribution >= 0.6 is 0 Å². The quantitative estimate of drug-likeness (QED) is 0.656. The number of hydrogen-bond acceptors (Lipinski definition) is 5. The number of H-pyrrole nitrogens is 1. The number of nitrogens with one attached hydrogen (secondary N) is 3. The van der Waals surface area contributed by atoms with Crippen LogP contribution in [-0.2, 0) is 16.0 Å². The molecule has 2 heterocycles. The molecule has 0 bridgehead atoms. The Balaban J connectivity index is 0.000000409. The van der Waals surface area contributed by atoms with Gasteiger partial charge in [0.1, 0.15) is 5.76 Å². The summed E-state index contributed by atoms with van der Waals surface area (Å²) in [5.41, 5.74) is 1.90. The average molecular weight is 390 g/mol. The molecule has 28 heavy (non-hydrogen) atoms. The van der Waals surface area contributed by atoms with Gasteiger partial charge in [-0.15, -0.1) is 0 Å². The van der Waals surface area contributed by atoms with Crippen molar-refractivity contribution < 1.29 is 14.1 Å². The van der Waals surface area contributed by atoms with Gasteiger partial charge in [0.25, 0.3) is 0 Å². The van der Waals surface area contributed by atoms with Crippen LogP contribution in [-0.4, -0.2) is 33.7 Å². The Bertz CT molecular complexity index is 745. The molecule has 8 nitrogen and oxygen atoms in total. The molecule has 0 spiro atoms. The number of anilines is 1. The van der Waals surface area contributed by atoms with Crippen molar-refractivity contribution in [2.75, 3.05) is 5.32 Å². The first-order valence-corrected chi connectivity index (χ1v) is 9.84. The second-order valence-corrected chi connectivity index (χ2v) is 7.76. The standard InChI is InChI=1S/C16H22N4O2.C4H9NO/c1-10-3-5-12(6-4-10)14-9-15(19-18-14)17-16(21)8-13-7-11(2)20-22-13;1-4(2)5-3-6/h7,9-10,12H,3-6,8H2,1-2H3,(H2,17,18,19,21);3-4H,1-2H3,(H,5,6). The number of carbonyl (C=O) groups is 2. The Kier molecular flexibility index (Phi) is 8.22. The highest BCUT2D eigenvalue weighted by Crippen LogP contribution is 2.35. The molecule has 2 aromatic rings. The van der Waals surface area contributed by atoms with Crippen LogP contribution in [0.2, 0.25) is 0 Å². The normalized spacial score (nSPS) is 18.9. The third kappa shape index (κ3) is 7.17. The Morgan fingerprint density at radius 2 is 2.04 bits per heavy atom. The van der Waals surface area contributed by atoms with Crippen molar-refractivity contribution in [1.29, 1.82) is 0 Å². The largest absolute Gasteiger partial charge is 0.361 e. The number of aromatic nitrogens is 3. The maximum absolute atomic E-state index is 12.0. The second kappa shape index (κ2) is 10.6. The van der Waals surface area contributed by atoms with Crippen molar-refractivity contribution in [3.8, 4) is 0 Å². The highest BCUT2D eigenvalue weighted by atomic mass is 16.5. The highest BCUT2D eigenvalue weighted by molar-refractivity contribution is 5.91. The monoisotopic (exact) mass is 389 g/mol. The average Bonchev–Trinajstić information content (AvgIpc) is 3.25. The highest BCUT2D eigenvalue weighted by Gasteiger charge is 2.21. The predicted octanol–water partition coefficient (Wildman–Crippen LogP) is 3.32. The zero-order valence-corrected chi connectivity index (χ0v) is 17.1. The fourth-order valence-corrected chi connectivity index (χ4v) is 3.16. The van der Waals surface area contributed by atoms with Gasteiger partial charge in [0.2, 0.25) is 12.3 Å². The molecule has 1 fully saturated rings. The number of aromatic amines is 1. The lowest BCUT2D eigenvalue weighted by Gasteiger charge is -2.24. The summed E-state index contributed by atoms with van der Waals surface area (Å²) < 4.78 is 5.04. The van der Waals surface area contributed by atoms with E-state index >= 15 is 0 Å². The van der Waals surface area contributed by atoms with Gasteiger partial charge in [-0.25, -0.2) is 0 Å². The van der Waals surface area contributed by atoms with Crippen LogP contribution in [0.25, 0.3) is 0 Å². The molecular weight excluding hydrogens is 358 g/mol. The molecule has 1 saturated carbocycles. The molecule has 2 amide bonds. The summed E-state index contributed by atoms with van der Waals surface area (Å²) in [6, 6.07) is 3.99. The van der Waals surface area contributed by atoms with E-state index < -0.39 is 0 Å². The molecule has 2 aromatic heterocycles. The number of hydrogen-bond donors (Lipinski definition) is 3. The van der Waals surface area contributed by atoms with Gasteiger partial charge >= 0.3 is 0 Å². The zero-order valence-electron chi connectivity index (χ0n) is 17.1. The molecule has 8 heteroatoms. The number of aryl methyl sites for hydroxylation is 1. The van der Waals surface area contributed by atoms with Gasteiger partial charge in [0.05, 0.1) is 12.1 Å². The first-order chi connectivity index (χ1) is 13.4. The van der Waals surface area contributed by atoms with Crippen LogP contribution in [0, 0.1) is 12.8 Å². The molecule has 0 aliphatic heterocycles. The molecule has 0 unspecified atom stereocenters. The Morgan fingerprint density at radius 1 is 1.32 bits per heavy atom. The Morgan fingerprint density at radius 3 is 2.57 bits per heavy atom. The van der Waals surface area contributed by atoms with Crippen LogP contribution < -0.4 is 10.6 Å². The van der Waals surface area contributed by atoms with E-state index in [0.29, 0.717) is 23.9 Å². The van der Waals surface area contributed by atoms with Gasteiger partial charge in [0, 0.05) is 29.8 Å². The number of rotatable bonds is 6. The molecule has 0 aromatic carbocycles. The molecule has 3 rings (SSSR count). The zero-order chi connectivity index (χ0) is 20.5. The van der Waals surface area contributed by atoms with Crippen LogP contribution in [0.5, 0.6) is 0 Å². The van der Waals surface area contributed by atoms with Gasteiger partial charge in [0.15, 0.2) is 5.82 Å². The molecule has 1 aliphatic carbocycles. The van der Waals surface area contributed by atoms with Crippen molar-refractivity contribution in [3.05, 3.63) is 29.3 Å². The first-order valence-electron chi connectivity index (χ1n) is 9.84. The van der Waals surface area contributed by atoms with Gasteiger partial charge in [-0.1, -0.05) is 24.9 Å². The fourth-order valence-electron chi connectivity index (χ4n) is 3.16. The SMILES string of the molecule is CC(C)NC=O.Cc1cc(CC(=O)Nc2cc(C3CCC(C)CC3)[nH]n2)on1. The lowest BCUT2D eigenvalue weighted by atomic mass is 9.81. The van der Waals surface area contributed by atoms with E-state index in [1.807, 2.05) is 26.8 Å². The summed E-state index contributed by atoms with van der Waals surface area (Å²) in [5, 5.41) is 16.4. The summed E-state index contributed by atoms with van der Waals surface area (Å²) >= 11 is 0. The van der Waals surface area contributed by atoms with Gasteiger partial charge < -0.3 is 15.2 Å². The lowest BCUT2D eigenvalue weighted by Crippen LogP contribution is -2.19. The third-order valence-electron chi connectivity index (χ3n) is 4.73. The van der Waals surface area contributed by atoms with Crippen LogP contribution in [0.4, 0.5) is 5.82 Å². The lowest BCUT2D eigenvalue weighted by molar-refractivity contribution is -0.116. The van der Waals surface area contributed by atoms with Crippen molar-refractivity contribution in [3.63, 3.8) is 0 Å². The third-order valence-corrected chi connectivity index (χ3v) is 4.73. The number of amides is 2. The van der Waals surface area contributed by atoms with Gasteiger partial charge in [-0.3, -0.25) is 14.7 Å². The summed E-state index contributed by atoms with van der Waals surface area (Å²) in [7, 11) is 0. The Labute approximate surface area is 165 Å². The molecule has 0 saturated heterocycles. The summed E-state index contributed by atoms with van der Waals surface area (Å²) in [5.74, 6) is 2.35. The van der Waals surface area contributed by atoms with Crippen molar-refractivity contribution in [2.24, 2.45) is 5.92 Å². The van der Waals surface area contributed by atoms with E-state index in [1.165, 1.54) is 25.7 Å².